The highest BCUT2D eigenvalue weighted by Crippen LogP contribution is 2.14. The lowest BCUT2D eigenvalue weighted by Crippen LogP contribution is -2.63. The molecule has 9 amide bonds. The van der Waals surface area contributed by atoms with Crippen LogP contribution in [0.1, 0.15) is 87.1 Å². The summed E-state index contributed by atoms with van der Waals surface area (Å²) < 4.78 is 0. The van der Waals surface area contributed by atoms with Crippen LogP contribution < -0.4 is 54.0 Å². The Kier molecular flexibility index (Phi) is 25.3. The van der Waals surface area contributed by atoms with E-state index in [2.05, 4.69) is 42.5 Å². The first-order chi connectivity index (χ1) is 32.0. The maximum Gasteiger partial charge on any atom is 0.326 e. The first-order valence-electron chi connectivity index (χ1n) is 22.4. The molecule has 11 atom stereocenters. The third kappa shape index (κ3) is 21.2. The number of aromatic hydroxyl groups is 1. The first kappa shape index (κ1) is 60.6. The minimum Gasteiger partial charge on any atom is -0.508 e. The average Bonchev–Trinajstić information content (AvgIpc) is 3.24. The number of nitrogens with one attached hydrogen (secondary N) is 8. The van der Waals surface area contributed by atoms with Crippen molar-refractivity contribution in [3.8, 4) is 5.75 Å². The van der Waals surface area contributed by atoms with Gasteiger partial charge in [0.2, 0.25) is 53.2 Å². The number of nitrogens with two attached hydrogens (primary N) is 2. The number of phenols is 1. The van der Waals surface area contributed by atoms with Gasteiger partial charge in [-0.25, -0.2) is 4.79 Å². The van der Waals surface area contributed by atoms with Crippen molar-refractivity contribution in [2.45, 2.75) is 155 Å². The second-order valence-electron chi connectivity index (χ2n) is 18.1. The standard InChI is InChI=1S/C44H72N10O15/c1-19(2)14-28(48-37(61)27(45)18-55)38(62)49-29(16-25-10-12-26(58)13-11-25)39(63)50-30(17-32(46)59)40(64)54-35(24(9)57)43(67)52-33(21(5)6)41(65)47-22(7)36(60)53-34(23(8)56)42(66)51-31(44(68)69)15-20(3)4/h10-13,19-24,27-31,33-35,55-58H,14-18,45H2,1-9H3,(H2,46,59)(H,47,65)(H,48,61)(H,49,62)(H,50,63)(H,51,66)(H,52,67)(H,53,60)(H,54,64)(H,68,69)/t22-,23+,24+,27-,28+,29-,30+,31-,33-,34-,35-/m1/s1. The number of aliphatic carboxylic acids is 1. The van der Waals surface area contributed by atoms with Crippen LogP contribution in [0.2, 0.25) is 0 Å². The number of hydrogen-bond donors (Lipinski definition) is 15. The van der Waals surface area contributed by atoms with E-state index in [4.69, 9.17) is 11.5 Å². The molecule has 0 heterocycles. The Morgan fingerprint density at radius 2 is 0.928 bits per heavy atom. The molecular formula is C44H72N10O15. The summed E-state index contributed by atoms with van der Waals surface area (Å²) in [5.41, 5.74) is 11.5. The fraction of sp³-hybridized carbons (Fsp3) is 0.636. The smallest absolute Gasteiger partial charge is 0.326 e. The van der Waals surface area contributed by atoms with Crippen LogP contribution in [0.5, 0.6) is 5.75 Å². The predicted octanol–water partition coefficient (Wildman–Crippen LogP) is -4.38. The summed E-state index contributed by atoms with van der Waals surface area (Å²) in [5.74, 6) is -11.6. The Bertz CT molecular complexity index is 1950. The number of primary amides is 1. The number of aliphatic hydroxyl groups is 3. The molecule has 0 saturated heterocycles. The zero-order valence-corrected chi connectivity index (χ0v) is 40.4. The van der Waals surface area contributed by atoms with E-state index in [0.29, 0.717) is 5.56 Å². The summed E-state index contributed by atoms with van der Waals surface area (Å²) in [7, 11) is 0. The number of carbonyl (C=O) groups excluding carboxylic acids is 9. The van der Waals surface area contributed by atoms with Gasteiger partial charge in [-0.3, -0.25) is 43.2 Å². The van der Waals surface area contributed by atoms with Gasteiger partial charge in [-0.1, -0.05) is 53.7 Å². The van der Waals surface area contributed by atoms with Crippen LogP contribution in [0, 0.1) is 17.8 Å². The number of amides is 9. The van der Waals surface area contributed by atoms with Gasteiger partial charge in [0.15, 0.2) is 0 Å². The van der Waals surface area contributed by atoms with Crippen molar-refractivity contribution in [2.75, 3.05) is 6.61 Å². The number of hydrogen-bond acceptors (Lipinski definition) is 15. The highest BCUT2D eigenvalue weighted by Gasteiger charge is 2.37. The maximum absolute atomic E-state index is 14.0. The van der Waals surface area contributed by atoms with Gasteiger partial charge in [-0.05, 0) is 69.1 Å². The van der Waals surface area contributed by atoms with Gasteiger partial charge in [0, 0.05) is 6.42 Å². The van der Waals surface area contributed by atoms with Crippen molar-refractivity contribution in [2.24, 2.45) is 29.2 Å². The lowest BCUT2D eigenvalue weighted by atomic mass is 10.00. The minimum atomic E-state index is -1.85. The lowest BCUT2D eigenvalue weighted by Gasteiger charge is -2.29. The van der Waals surface area contributed by atoms with Crippen LogP contribution >= 0.6 is 0 Å². The number of rotatable bonds is 29. The van der Waals surface area contributed by atoms with Gasteiger partial charge in [0.1, 0.15) is 60.1 Å². The second kappa shape index (κ2) is 28.8. The van der Waals surface area contributed by atoms with E-state index in [9.17, 15) is 73.5 Å². The molecule has 0 radical (unpaired) electrons. The molecule has 0 bridgehead atoms. The molecule has 0 aliphatic rings. The zero-order chi connectivity index (χ0) is 53.0. The van der Waals surface area contributed by atoms with Crippen LogP contribution in [-0.4, -0.2) is 158 Å². The minimum absolute atomic E-state index is 0.0542. The molecule has 17 N–H and O–H groups in total. The molecule has 0 aromatic heterocycles. The summed E-state index contributed by atoms with van der Waals surface area (Å²) in [4.78, 5) is 131. The molecule has 25 heteroatoms. The zero-order valence-electron chi connectivity index (χ0n) is 40.4. The fourth-order valence-corrected chi connectivity index (χ4v) is 6.54. The van der Waals surface area contributed by atoms with Gasteiger partial charge in [0.25, 0.3) is 0 Å². The molecule has 0 saturated carbocycles. The lowest BCUT2D eigenvalue weighted by molar-refractivity contribution is -0.143. The highest BCUT2D eigenvalue weighted by atomic mass is 16.4. The number of benzene rings is 1. The molecule has 0 fully saturated rings. The van der Waals surface area contributed by atoms with E-state index in [1.165, 1.54) is 52.0 Å². The van der Waals surface area contributed by atoms with E-state index >= 15 is 0 Å². The normalized spacial score (nSPS) is 16.1. The van der Waals surface area contributed by atoms with Gasteiger partial charge in [-0.2, -0.15) is 0 Å². The molecule has 1 aromatic rings. The molecule has 0 aliphatic carbocycles. The third-order valence-electron chi connectivity index (χ3n) is 10.4. The van der Waals surface area contributed by atoms with E-state index in [-0.39, 0.29) is 36.8 Å². The Hall–Kier alpha value is -6.44. The number of carboxylic acid groups (broad SMARTS) is 1. The predicted molar refractivity (Wildman–Crippen MR) is 247 cm³/mol. The molecule has 69 heavy (non-hydrogen) atoms. The van der Waals surface area contributed by atoms with Crippen LogP contribution in [0.3, 0.4) is 0 Å². The van der Waals surface area contributed by atoms with Crippen molar-refractivity contribution >= 4 is 59.1 Å². The number of phenolic OH excluding ortho intramolecular Hbond substituents is 1. The molecule has 0 unspecified atom stereocenters. The molecule has 388 valence electrons. The van der Waals surface area contributed by atoms with Crippen molar-refractivity contribution < 1.29 is 73.5 Å². The summed E-state index contributed by atoms with van der Waals surface area (Å²) in [5, 5.41) is 68.5. The molecule has 1 aromatic carbocycles. The summed E-state index contributed by atoms with van der Waals surface area (Å²) >= 11 is 0. The summed E-state index contributed by atoms with van der Waals surface area (Å²) in [6, 6.07) is -8.13. The van der Waals surface area contributed by atoms with E-state index in [0.717, 1.165) is 6.92 Å². The van der Waals surface area contributed by atoms with Gasteiger partial charge >= 0.3 is 5.97 Å². The van der Waals surface area contributed by atoms with Gasteiger partial charge < -0.3 is 79.5 Å². The Morgan fingerprint density at radius 3 is 1.39 bits per heavy atom. The summed E-state index contributed by atoms with van der Waals surface area (Å²) in [6.45, 7) is 12.8. The monoisotopic (exact) mass is 981 g/mol. The topological polar surface area (TPSA) is 420 Å². The molecule has 0 spiro atoms. The van der Waals surface area contributed by atoms with Crippen LogP contribution in [0.15, 0.2) is 24.3 Å². The van der Waals surface area contributed by atoms with E-state index in [1.807, 2.05) is 0 Å². The largest absolute Gasteiger partial charge is 0.508 e. The molecule has 25 nitrogen and oxygen atoms in total. The third-order valence-corrected chi connectivity index (χ3v) is 10.4. The van der Waals surface area contributed by atoms with Gasteiger partial charge in [0.05, 0.1) is 25.2 Å². The van der Waals surface area contributed by atoms with Crippen LogP contribution in [0.25, 0.3) is 0 Å². The van der Waals surface area contributed by atoms with Crippen molar-refractivity contribution in [1.29, 1.82) is 0 Å². The number of carbonyl (C=O) groups is 10. The quantitative estimate of drug-likeness (QED) is 0.0361. The summed E-state index contributed by atoms with van der Waals surface area (Å²) in [6.07, 6.45) is -4.19. The fourth-order valence-electron chi connectivity index (χ4n) is 6.54. The van der Waals surface area contributed by atoms with E-state index in [1.54, 1.807) is 27.7 Å². The second-order valence-corrected chi connectivity index (χ2v) is 18.1. The Balaban J connectivity index is 3.35. The molecule has 1 rings (SSSR count). The SMILES string of the molecule is CC(C)C[C@H](NC(=O)[C@H](N)CO)C(=O)N[C@H](Cc1ccc(O)cc1)C(=O)N[C@@H](CC(N)=O)C(=O)N[C@@H](C(=O)N[C@@H](C(=O)N[C@H](C)C(=O)N[C@@H](C(=O)N[C@H](CC(C)C)C(=O)O)[C@H](C)O)C(C)C)[C@H](C)O. The molecular weight excluding hydrogens is 909 g/mol. The van der Waals surface area contributed by atoms with Crippen LogP contribution in [0.4, 0.5) is 0 Å². The first-order valence-corrected chi connectivity index (χ1v) is 22.4. The number of carboxylic acids is 1. The number of aliphatic hydroxyl groups excluding tert-OH is 3. The van der Waals surface area contributed by atoms with Crippen molar-refractivity contribution in [1.82, 2.24) is 42.5 Å². The van der Waals surface area contributed by atoms with Crippen molar-refractivity contribution in [3.63, 3.8) is 0 Å². The van der Waals surface area contributed by atoms with Crippen LogP contribution in [-0.2, 0) is 54.4 Å². The molecule has 0 aliphatic heterocycles. The Labute approximate surface area is 400 Å². The maximum atomic E-state index is 14.0. The highest BCUT2D eigenvalue weighted by molar-refractivity contribution is 5.99. The Morgan fingerprint density at radius 1 is 0.522 bits per heavy atom. The van der Waals surface area contributed by atoms with E-state index < -0.39 is 145 Å². The average molecular weight is 981 g/mol. The van der Waals surface area contributed by atoms with Gasteiger partial charge in [-0.15, -0.1) is 0 Å². The van der Waals surface area contributed by atoms with Crippen molar-refractivity contribution in [3.05, 3.63) is 29.8 Å².